The van der Waals surface area contributed by atoms with Gasteiger partial charge in [0, 0.05) is 18.7 Å². The molecule has 3 aliphatic rings. The third-order valence-corrected chi connectivity index (χ3v) is 7.30. The zero-order valence-electron chi connectivity index (χ0n) is 23.4. The number of carboxylic acid groups (broad SMARTS) is 1. The van der Waals surface area contributed by atoms with Crippen LogP contribution in [0.4, 0.5) is 9.59 Å². The number of ether oxygens (including phenoxy) is 4. The lowest BCUT2D eigenvalue weighted by atomic mass is 9.85. The van der Waals surface area contributed by atoms with Crippen molar-refractivity contribution in [1.29, 1.82) is 0 Å². The maximum Gasteiger partial charge on any atom is 0.407 e. The molecule has 1 saturated heterocycles. The van der Waals surface area contributed by atoms with Gasteiger partial charge in [-0.05, 0) is 48.3 Å². The molecule has 0 bridgehead atoms. The number of carbonyl (C=O) groups is 4. The molecule has 3 heterocycles. The molecule has 2 N–H and O–H groups in total. The Bertz CT molecular complexity index is 1190. The summed E-state index contributed by atoms with van der Waals surface area (Å²) < 4.78 is 21.4. The van der Waals surface area contributed by atoms with Gasteiger partial charge in [-0.3, -0.25) is 9.69 Å². The number of fused-ring (bicyclic) bond motifs is 2. The number of nitrogens with zero attached hydrogens (tertiary/aromatic N) is 2. The van der Waals surface area contributed by atoms with Crippen molar-refractivity contribution in [3.8, 4) is 11.5 Å². The van der Waals surface area contributed by atoms with Crippen LogP contribution in [0.3, 0.4) is 0 Å². The van der Waals surface area contributed by atoms with Crippen LogP contribution in [-0.2, 0) is 32.2 Å². The maximum atomic E-state index is 13.3. The van der Waals surface area contributed by atoms with Gasteiger partial charge in [0.2, 0.25) is 12.7 Å². The second-order valence-corrected chi connectivity index (χ2v) is 11.1. The largest absolute Gasteiger partial charge is 0.467 e. The number of unbranched alkanes of at least 4 members (excludes halogenated alkanes) is 1. The highest BCUT2D eigenvalue weighted by atomic mass is 16.7. The van der Waals surface area contributed by atoms with Gasteiger partial charge in [-0.2, -0.15) is 0 Å². The molecule has 1 aromatic rings. The summed E-state index contributed by atoms with van der Waals surface area (Å²) in [6.45, 7) is 6.76. The number of rotatable bonds is 8. The van der Waals surface area contributed by atoms with Crippen LogP contribution in [0.1, 0.15) is 63.1 Å². The number of esters is 1. The van der Waals surface area contributed by atoms with E-state index < -0.39 is 35.7 Å². The first kappa shape index (κ1) is 29.0. The van der Waals surface area contributed by atoms with Crippen LogP contribution in [0.5, 0.6) is 11.5 Å². The Morgan fingerprint density at radius 1 is 1.23 bits per heavy atom. The van der Waals surface area contributed by atoms with E-state index in [4.69, 9.17) is 18.9 Å². The second kappa shape index (κ2) is 12.1. The molecule has 0 saturated carbocycles. The lowest BCUT2D eigenvalue weighted by Crippen LogP contribution is -2.56. The number of hydrogen-bond donors (Lipinski definition) is 2. The topological polar surface area (TPSA) is 144 Å². The molecule has 218 valence electrons. The lowest BCUT2D eigenvalue weighted by Gasteiger charge is -2.34. The van der Waals surface area contributed by atoms with Gasteiger partial charge < -0.3 is 34.3 Å². The molecule has 3 aliphatic heterocycles. The van der Waals surface area contributed by atoms with Gasteiger partial charge in [0.25, 0.3) is 0 Å². The van der Waals surface area contributed by atoms with Gasteiger partial charge in [-0.1, -0.05) is 32.9 Å². The molecule has 12 heteroatoms. The number of amides is 3. The van der Waals surface area contributed by atoms with E-state index in [9.17, 15) is 24.3 Å². The van der Waals surface area contributed by atoms with E-state index in [0.717, 1.165) is 16.7 Å². The van der Waals surface area contributed by atoms with Crippen LogP contribution in [0.25, 0.3) is 6.08 Å². The van der Waals surface area contributed by atoms with Gasteiger partial charge in [0.15, 0.2) is 11.5 Å². The molecule has 0 spiro atoms. The maximum absolute atomic E-state index is 13.3. The fourth-order valence-electron chi connectivity index (χ4n) is 5.21. The minimum Gasteiger partial charge on any atom is -0.467 e. The average Bonchev–Trinajstić information content (AvgIpc) is 3.66. The number of allylic oxidation sites excluding steroid dienone is 1. The number of hydrogen-bond acceptors (Lipinski definition) is 8. The van der Waals surface area contributed by atoms with Crippen molar-refractivity contribution < 1.29 is 43.2 Å². The van der Waals surface area contributed by atoms with Crippen molar-refractivity contribution in [1.82, 2.24) is 15.1 Å². The molecule has 4 rings (SSSR count). The smallest absolute Gasteiger partial charge is 0.407 e. The fraction of sp³-hybridized carbons (Fsp3) is 0.571. The molecule has 12 nitrogen and oxygen atoms in total. The van der Waals surface area contributed by atoms with Gasteiger partial charge in [0.1, 0.15) is 12.1 Å². The molecule has 0 aromatic heterocycles. The van der Waals surface area contributed by atoms with Crippen LogP contribution in [0.2, 0.25) is 0 Å². The molecule has 1 unspecified atom stereocenters. The van der Waals surface area contributed by atoms with E-state index in [1.54, 1.807) is 0 Å². The van der Waals surface area contributed by atoms with Gasteiger partial charge >= 0.3 is 18.2 Å². The summed E-state index contributed by atoms with van der Waals surface area (Å²) in [5.41, 5.74) is 1.97. The Morgan fingerprint density at radius 3 is 2.70 bits per heavy atom. The summed E-state index contributed by atoms with van der Waals surface area (Å²) in [7, 11) is 1.30. The summed E-state index contributed by atoms with van der Waals surface area (Å²) >= 11 is 0. The molecule has 3 amide bonds. The summed E-state index contributed by atoms with van der Waals surface area (Å²) in [5.74, 6) is 0.400. The summed E-state index contributed by atoms with van der Waals surface area (Å²) in [6, 6.07) is 0.308. The fourth-order valence-corrected chi connectivity index (χ4v) is 5.21. The van der Waals surface area contributed by atoms with Gasteiger partial charge in [-0.25, -0.2) is 14.4 Å². The van der Waals surface area contributed by atoms with Crippen LogP contribution < -0.4 is 14.8 Å². The molecular weight excluding hydrogens is 522 g/mol. The van der Waals surface area contributed by atoms with E-state index in [0.29, 0.717) is 50.3 Å². The van der Waals surface area contributed by atoms with E-state index in [2.05, 4.69) is 5.32 Å². The van der Waals surface area contributed by atoms with Gasteiger partial charge in [-0.15, -0.1) is 0 Å². The highest BCUT2D eigenvalue weighted by Gasteiger charge is 2.42. The van der Waals surface area contributed by atoms with Crippen molar-refractivity contribution in [3.63, 3.8) is 0 Å². The summed E-state index contributed by atoms with van der Waals surface area (Å²) in [5, 5.41) is 12.1. The number of nitrogens with one attached hydrogen (secondary N) is 1. The Hall–Kier alpha value is -3.96. The molecule has 0 aliphatic carbocycles. The van der Waals surface area contributed by atoms with E-state index in [1.165, 1.54) is 16.9 Å². The Labute approximate surface area is 233 Å². The van der Waals surface area contributed by atoms with Crippen LogP contribution in [-0.4, -0.2) is 78.1 Å². The minimum atomic E-state index is -0.984. The SMILES string of the molecule is COC(=O)C1CCCN1C(=O)[C@@H](NC(=O)OCCC/C=C\c1c2c(cc3c1OCO3)CN(C(=O)O)C2)C(C)(C)C. The average molecular weight is 560 g/mol. The number of methoxy groups -OCH3 is 1. The Balaban J connectivity index is 1.30. The van der Waals surface area contributed by atoms with Crippen LogP contribution in [0, 0.1) is 5.41 Å². The minimum absolute atomic E-state index is 0.115. The number of alkyl carbamates (subject to hydrolysis) is 1. The quantitative estimate of drug-likeness (QED) is 0.361. The zero-order valence-corrected chi connectivity index (χ0v) is 23.4. The van der Waals surface area contributed by atoms with Crippen LogP contribution >= 0.6 is 0 Å². The van der Waals surface area contributed by atoms with E-state index in [-0.39, 0.29) is 25.9 Å². The Kier molecular flexibility index (Phi) is 8.75. The van der Waals surface area contributed by atoms with Crippen molar-refractivity contribution in [2.45, 2.75) is 71.6 Å². The van der Waals surface area contributed by atoms with Crippen molar-refractivity contribution in [3.05, 3.63) is 28.8 Å². The normalized spacial score (nSPS) is 18.6. The van der Waals surface area contributed by atoms with Crippen molar-refractivity contribution in [2.24, 2.45) is 5.41 Å². The van der Waals surface area contributed by atoms with Gasteiger partial charge in [0.05, 0.1) is 20.3 Å². The number of carbonyl (C=O) groups excluding carboxylic acids is 3. The molecule has 2 atom stereocenters. The highest BCUT2D eigenvalue weighted by molar-refractivity contribution is 5.90. The number of likely N-dealkylation sites (tertiary alicyclic amines) is 1. The third-order valence-electron chi connectivity index (χ3n) is 7.30. The molecule has 1 aromatic carbocycles. The lowest BCUT2D eigenvalue weighted by molar-refractivity contribution is -0.152. The zero-order chi connectivity index (χ0) is 29.0. The summed E-state index contributed by atoms with van der Waals surface area (Å²) in [6.07, 6.45) is 4.46. The van der Waals surface area contributed by atoms with E-state index >= 15 is 0 Å². The predicted octanol–water partition coefficient (Wildman–Crippen LogP) is 3.51. The first-order chi connectivity index (χ1) is 19.0. The first-order valence-electron chi connectivity index (χ1n) is 13.4. The standard InChI is InChI=1S/C28H37N3O9/c1-28(2,3)23(24(32)31-11-8-10-20(31)25(33)37-4)29-26(34)38-12-7-5-6-9-18-19-15-30(27(35)36)14-17(19)13-21-22(18)40-16-39-21/h6,9,13,20,23H,5,7-8,10-12,14-16H2,1-4H3,(H,29,34)(H,35,36)/b9-6-/t20?,23-/m1/s1. The molecule has 1 fully saturated rings. The van der Waals surface area contributed by atoms with Crippen molar-refractivity contribution >= 4 is 30.1 Å². The van der Waals surface area contributed by atoms with Crippen LogP contribution in [0.15, 0.2) is 12.1 Å². The number of benzene rings is 1. The van der Waals surface area contributed by atoms with Crippen molar-refractivity contribution in [2.75, 3.05) is 27.1 Å². The first-order valence-corrected chi connectivity index (χ1v) is 13.4. The third kappa shape index (κ3) is 6.26. The summed E-state index contributed by atoms with van der Waals surface area (Å²) in [4.78, 5) is 52.3. The monoisotopic (exact) mass is 559 g/mol. The molecule has 0 radical (unpaired) electrons. The van der Waals surface area contributed by atoms with E-state index in [1.807, 2.05) is 39.0 Å². The predicted molar refractivity (Wildman–Crippen MR) is 143 cm³/mol. The Morgan fingerprint density at radius 2 is 2.00 bits per heavy atom. The highest BCUT2D eigenvalue weighted by Crippen LogP contribution is 2.43. The molecular formula is C28H37N3O9. The second-order valence-electron chi connectivity index (χ2n) is 11.1. The molecule has 40 heavy (non-hydrogen) atoms.